The molecule has 2 saturated heterocycles. The summed E-state index contributed by atoms with van der Waals surface area (Å²) in [6.45, 7) is 6.59. The van der Waals surface area contributed by atoms with Crippen molar-refractivity contribution in [3.05, 3.63) is 41.3 Å². The Morgan fingerprint density at radius 1 is 1.15 bits per heavy atom. The molecule has 1 aromatic heterocycles. The number of piperidine rings is 1. The van der Waals surface area contributed by atoms with Crippen molar-refractivity contribution in [2.45, 2.75) is 45.3 Å². The molecule has 2 aliphatic rings. The van der Waals surface area contributed by atoms with Gasteiger partial charge in [0.1, 0.15) is 5.76 Å². The summed E-state index contributed by atoms with van der Waals surface area (Å²) in [6.07, 6.45) is 2.71. The predicted octanol–water partition coefficient (Wildman–Crippen LogP) is 3.12. The summed E-state index contributed by atoms with van der Waals surface area (Å²) in [5, 5.41) is 0. The minimum Gasteiger partial charge on any atom is -0.441 e. The van der Waals surface area contributed by atoms with E-state index in [1.807, 2.05) is 24.0 Å². The van der Waals surface area contributed by atoms with Crippen LogP contribution in [0.4, 0.5) is 0 Å². The third kappa shape index (κ3) is 3.77. The first-order chi connectivity index (χ1) is 13.1. The molecule has 1 aromatic carbocycles. The van der Waals surface area contributed by atoms with Crippen LogP contribution in [0.3, 0.4) is 0 Å². The van der Waals surface area contributed by atoms with Crippen LogP contribution in [-0.4, -0.2) is 47.9 Å². The van der Waals surface area contributed by atoms with Crippen LogP contribution >= 0.6 is 0 Å². The fourth-order valence-electron chi connectivity index (χ4n) is 3.74. The number of hydrogen-bond acceptors (Lipinski definition) is 5. The van der Waals surface area contributed by atoms with Crippen molar-refractivity contribution in [2.24, 2.45) is 0 Å². The molecule has 3 heterocycles. The minimum atomic E-state index is -0.460. The Labute approximate surface area is 159 Å². The van der Waals surface area contributed by atoms with Crippen LogP contribution in [0, 0.1) is 6.92 Å². The lowest BCUT2D eigenvalue weighted by Gasteiger charge is -2.37. The molecule has 0 saturated carbocycles. The first-order valence-electron chi connectivity index (χ1n) is 9.70. The molecule has 1 amide bonds. The number of carbonyl (C=O) groups excluding carboxylic acids is 1. The van der Waals surface area contributed by atoms with E-state index in [-0.39, 0.29) is 12.3 Å². The molecule has 27 heavy (non-hydrogen) atoms. The molecular formula is C21H26N2O4. The van der Waals surface area contributed by atoms with Gasteiger partial charge in [-0.25, -0.2) is 4.98 Å². The van der Waals surface area contributed by atoms with Crippen molar-refractivity contribution >= 4 is 5.91 Å². The van der Waals surface area contributed by atoms with Crippen molar-refractivity contribution in [2.75, 3.05) is 26.3 Å². The van der Waals surface area contributed by atoms with Crippen LogP contribution in [-0.2, 0) is 27.1 Å². The van der Waals surface area contributed by atoms with Crippen LogP contribution in [0.15, 0.2) is 28.7 Å². The number of aromatic nitrogens is 1. The van der Waals surface area contributed by atoms with E-state index in [2.05, 4.69) is 24.0 Å². The monoisotopic (exact) mass is 370 g/mol. The molecule has 0 unspecified atom stereocenters. The number of hydrogen-bond donors (Lipinski definition) is 0. The molecule has 2 aromatic rings. The largest absolute Gasteiger partial charge is 0.441 e. The molecule has 0 N–H and O–H groups in total. The lowest BCUT2D eigenvalue weighted by molar-refractivity contribution is -0.187. The number of ether oxygens (including phenoxy) is 2. The average Bonchev–Trinajstić information content (AvgIpc) is 3.29. The van der Waals surface area contributed by atoms with Gasteiger partial charge < -0.3 is 18.8 Å². The van der Waals surface area contributed by atoms with E-state index in [4.69, 9.17) is 13.9 Å². The maximum absolute atomic E-state index is 12.7. The summed E-state index contributed by atoms with van der Waals surface area (Å²) in [6, 6.07) is 8.19. The Morgan fingerprint density at radius 3 is 2.44 bits per heavy atom. The second-order valence-electron chi connectivity index (χ2n) is 7.24. The third-order valence-electron chi connectivity index (χ3n) is 5.51. The quantitative estimate of drug-likeness (QED) is 0.827. The Kier molecular flexibility index (Phi) is 5.02. The van der Waals surface area contributed by atoms with Gasteiger partial charge in [-0.1, -0.05) is 19.1 Å². The fourth-order valence-corrected chi connectivity index (χ4v) is 3.74. The number of likely N-dealkylation sites (tertiary alicyclic amines) is 1. The van der Waals surface area contributed by atoms with E-state index in [1.165, 1.54) is 5.56 Å². The molecule has 1 spiro atoms. The van der Waals surface area contributed by atoms with E-state index < -0.39 is 5.79 Å². The van der Waals surface area contributed by atoms with E-state index in [9.17, 15) is 4.79 Å². The van der Waals surface area contributed by atoms with Gasteiger partial charge in [-0.2, -0.15) is 0 Å². The predicted molar refractivity (Wildman–Crippen MR) is 100 cm³/mol. The summed E-state index contributed by atoms with van der Waals surface area (Å²) in [7, 11) is 0. The third-order valence-corrected chi connectivity index (χ3v) is 5.51. The van der Waals surface area contributed by atoms with Crippen molar-refractivity contribution in [1.82, 2.24) is 9.88 Å². The Hall–Kier alpha value is -2.18. The standard InChI is InChI=1S/C21H26N2O4/c1-3-16-4-6-17(7-5-16)20-22-18(15(2)27-20)14-19(24)23-10-8-21(9-11-23)25-12-13-26-21/h4-7H,3,8-14H2,1-2H3. The van der Waals surface area contributed by atoms with Gasteiger partial charge in [0.2, 0.25) is 11.8 Å². The zero-order chi connectivity index (χ0) is 18.9. The van der Waals surface area contributed by atoms with Gasteiger partial charge in [-0.15, -0.1) is 0 Å². The van der Waals surface area contributed by atoms with Crippen LogP contribution in [0.1, 0.15) is 36.8 Å². The maximum atomic E-state index is 12.7. The first-order valence-corrected chi connectivity index (χ1v) is 9.70. The Morgan fingerprint density at radius 2 is 1.81 bits per heavy atom. The highest BCUT2D eigenvalue weighted by molar-refractivity contribution is 5.78. The highest BCUT2D eigenvalue weighted by Crippen LogP contribution is 2.31. The normalized spacial score (nSPS) is 19.0. The second-order valence-corrected chi connectivity index (χ2v) is 7.24. The number of aryl methyl sites for hydroxylation is 2. The van der Waals surface area contributed by atoms with Crippen molar-refractivity contribution < 1.29 is 18.7 Å². The van der Waals surface area contributed by atoms with Crippen molar-refractivity contribution in [3.8, 4) is 11.5 Å². The minimum absolute atomic E-state index is 0.0760. The van der Waals surface area contributed by atoms with Crippen LogP contribution < -0.4 is 0 Å². The number of oxazole rings is 1. The van der Waals surface area contributed by atoms with Crippen LogP contribution in [0.5, 0.6) is 0 Å². The Bertz CT molecular complexity index is 796. The first kappa shape index (κ1) is 18.2. The summed E-state index contributed by atoms with van der Waals surface area (Å²) < 4.78 is 17.3. The van der Waals surface area contributed by atoms with Gasteiger partial charge >= 0.3 is 0 Å². The number of carbonyl (C=O) groups is 1. The Balaban J connectivity index is 1.40. The van der Waals surface area contributed by atoms with Gasteiger partial charge in [0, 0.05) is 31.5 Å². The van der Waals surface area contributed by atoms with E-state index in [0.29, 0.717) is 43.6 Å². The lowest BCUT2D eigenvalue weighted by atomic mass is 10.0. The van der Waals surface area contributed by atoms with E-state index in [0.717, 1.165) is 24.8 Å². The molecule has 0 radical (unpaired) electrons. The molecule has 4 rings (SSSR count). The second kappa shape index (κ2) is 7.44. The lowest BCUT2D eigenvalue weighted by Crippen LogP contribution is -2.47. The SMILES string of the molecule is CCc1ccc(-c2nc(CC(=O)N3CCC4(CC3)OCCO4)c(C)o2)cc1. The van der Waals surface area contributed by atoms with E-state index in [1.54, 1.807) is 0 Å². The molecular weight excluding hydrogens is 344 g/mol. The number of nitrogens with zero attached hydrogens (tertiary/aromatic N) is 2. The molecule has 0 bridgehead atoms. The van der Waals surface area contributed by atoms with Crippen molar-refractivity contribution in [1.29, 1.82) is 0 Å². The maximum Gasteiger partial charge on any atom is 0.228 e. The smallest absolute Gasteiger partial charge is 0.228 e. The van der Waals surface area contributed by atoms with E-state index >= 15 is 0 Å². The fraction of sp³-hybridized carbons (Fsp3) is 0.524. The summed E-state index contributed by atoms with van der Waals surface area (Å²) >= 11 is 0. The van der Waals surface area contributed by atoms with Gasteiger partial charge in [0.25, 0.3) is 0 Å². The highest BCUT2D eigenvalue weighted by Gasteiger charge is 2.40. The molecule has 6 nitrogen and oxygen atoms in total. The topological polar surface area (TPSA) is 64.8 Å². The van der Waals surface area contributed by atoms with Crippen molar-refractivity contribution in [3.63, 3.8) is 0 Å². The molecule has 2 aliphatic heterocycles. The number of amides is 1. The highest BCUT2D eigenvalue weighted by atomic mass is 16.7. The summed E-state index contributed by atoms with van der Waals surface area (Å²) in [5.74, 6) is 0.891. The molecule has 144 valence electrons. The van der Waals surface area contributed by atoms with Gasteiger partial charge in [0.05, 0.1) is 25.3 Å². The molecule has 0 atom stereocenters. The summed E-state index contributed by atoms with van der Waals surface area (Å²) in [5.41, 5.74) is 2.92. The number of rotatable bonds is 4. The van der Waals surface area contributed by atoms with Gasteiger partial charge in [0.15, 0.2) is 5.79 Å². The zero-order valence-corrected chi connectivity index (χ0v) is 16.0. The van der Waals surface area contributed by atoms with Gasteiger partial charge in [-0.05, 0) is 31.0 Å². The molecule has 2 fully saturated rings. The molecule has 0 aliphatic carbocycles. The average molecular weight is 370 g/mol. The zero-order valence-electron chi connectivity index (χ0n) is 16.0. The summed E-state index contributed by atoms with van der Waals surface area (Å²) in [4.78, 5) is 19.2. The van der Waals surface area contributed by atoms with Crippen LogP contribution in [0.2, 0.25) is 0 Å². The van der Waals surface area contributed by atoms with Gasteiger partial charge in [-0.3, -0.25) is 4.79 Å². The number of benzene rings is 1. The molecule has 6 heteroatoms. The van der Waals surface area contributed by atoms with Crippen LogP contribution in [0.25, 0.3) is 11.5 Å².